The van der Waals surface area contributed by atoms with Crippen molar-refractivity contribution >= 4 is 24.2 Å². The van der Waals surface area contributed by atoms with Crippen molar-refractivity contribution in [3.63, 3.8) is 0 Å². The minimum Gasteiger partial charge on any atom is -0.449 e. The Morgan fingerprint density at radius 2 is 1.94 bits per heavy atom. The number of anilines is 1. The number of nitrogens with zero attached hydrogens (tertiary/aromatic N) is 4. The lowest BCUT2D eigenvalue weighted by atomic mass is 10.1. The molecule has 9 heteroatoms. The van der Waals surface area contributed by atoms with Gasteiger partial charge < -0.3 is 9.64 Å². The molecular formula is C24H26ClN5O3. The summed E-state index contributed by atoms with van der Waals surface area (Å²) in [6, 6.07) is 19.4. The molecule has 1 aromatic heterocycles. The maximum atomic E-state index is 12.3. The van der Waals surface area contributed by atoms with Crippen LogP contribution in [0.5, 0.6) is 0 Å². The molecule has 0 aliphatic carbocycles. The molecule has 0 aliphatic heterocycles. The van der Waals surface area contributed by atoms with E-state index in [2.05, 4.69) is 16.5 Å². The van der Waals surface area contributed by atoms with Crippen LogP contribution in [-0.4, -0.2) is 48.0 Å². The van der Waals surface area contributed by atoms with E-state index in [9.17, 15) is 9.59 Å². The number of hydrogen-bond donors (Lipinski definition) is 1. The highest BCUT2D eigenvalue weighted by molar-refractivity contribution is 5.85. The molecule has 3 rings (SSSR count). The van der Waals surface area contributed by atoms with Crippen LogP contribution < -0.4 is 10.9 Å². The average molecular weight is 468 g/mol. The largest absolute Gasteiger partial charge is 0.449 e. The third kappa shape index (κ3) is 7.75. The van der Waals surface area contributed by atoms with Crippen LogP contribution in [0.4, 0.5) is 10.5 Å². The van der Waals surface area contributed by atoms with E-state index in [0.29, 0.717) is 23.6 Å². The number of amides is 1. The van der Waals surface area contributed by atoms with Crippen LogP contribution in [0.3, 0.4) is 0 Å². The lowest BCUT2D eigenvalue weighted by Crippen LogP contribution is -2.23. The Labute approximate surface area is 198 Å². The van der Waals surface area contributed by atoms with Crippen LogP contribution in [0.25, 0.3) is 11.3 Å². The lowest BCUT2D eigenvalue weighted by Gasteiger charge is -2.11. The smallest absolute Gasteiger partial charge is 0.411 e. The van der Waals surface area contributed by atoms with Crippen LogP contribution >= 0.6 is 12.4 Å². The fourth-order valence-corrected chi connectivity index (χ4v) is 3.08. The van der Waals surface area contributed by atoms with E-state index in [1.165, 1.54) is 10.7 Å². The van der Waals surface area contributed by atoms with Gasteiger partial charge in [0.25, 0.3) is 5.56 Å². The first-order valence-corrected chi connectivity index (χ1v) is 10.2. The lowest BCUT2D eigenvalue weighted by molar-refractivity contribution is 0.156. The first kappa shape index (κ1) is 25.6. The Hall–Kier alpha value is -3.67. The summed E-state index contributed by atoms with van der Waals surface area (Å²) in [5, 5.41) is 16.3. The zero-order valence-electron chi connectivity index (χ0n) is 18.5. The van der Waals surface area contributed by atoms with Crippen molar-refractivity contribution in [1.82, 2.24) is 14.7 Å². The number of carbonyl (C=O) groups is 1. The van der Waals surface area contributed by atoms with Gasteiger partial charge in [-0.15, -0.1) is 12.4 Å². The van der Waals surface area contributed by atoms with E-state index in [4.69, 9.17) is 10.00 Å². The minimum atomic E-state index is -0.518. The molecule has 0 radical (unpaired) electrons. The molecule has 33 heavy (non-hydrogen) atoms. The number of benzene rings is 2. The van der Waals surface area contributed by atoms with Crippen LogP contribution in [0.1, 0.15) is 17.5 Å². The maximum Gasteiger partial charge on any atom is 0.411 e. The fraction of sp³-hybridized carbons (Fsp3) is 0.250. The predicted octanol–water partition coefficient (Wildman–Crippen LogP) is 3.75. The van der Waals surface area contributed by atoms with E-state index in [1.807, 2.05) is 31.1 Å². The van der Waals surface area contributed by atoms with Gasteiger partial charge in [-0.05, 0) is 56.4 Å². The topological polar surface area (TPSA) is 100 Å². The number of aromatic nitrogens is 2. The summed E-state index contributed by atoms with van der Waals surface area (Å²) < 4.78 is 6.54. The molecule has 1 N–H and O–H groups in total. The number of halogens is 1. The summed E-state index contributed by atoms with van der Waals surface area (Å²) in [5.74, 6) is 0. The molecular weight excluding hydrogens is 442 g/mol. The Morgan fingerprint density at radius 3 is 2.70 bits per heavy atom. The second-order valence-electron chi connectivity index (χ2n) is 7.53. The van der Waals surface area contributed by atoms with E-state index >= 15 is 0 Å². The van der Waals surface area contributed by atoms with Crippen molar-refractivity contribution in [2.75, 3.05) is 32.6 Å². The third-order valence-corrected chi connectivity index (χ3v) is 4.64. The van der Waals surface area contributed by atoms with Crippen LogP contribution in [0.2, 0.25) is 0 Å². The minimum absolute atomic E-state index is 0. The first-order chi connectivity index (χ1) is 15.4. The molecule has 0 atom stereocenters. The quantitative estimate of drug-likeness (QED) is 0.506. The number of carbonyl (C=O) groups excluding carboxylic acids is 1. The molecule has 0 saturated carbocycles. The van der Waals surface area contributed by atoms with Crippen molar-refractivity contribution < 1.29 is 9.53 Å². The number of rotatable bonds is 8. The Morgan fingerprint density at radius 1 is 1.15 bits per heavy atom. The molecule has 3 aromatic rings. The Balaban J connectivity index is 0.00000385. The van der Waals surface area contributed by atoms with Crippen molar-refractivity contribution in [2.24, 2.45) is 0 Å². The molecule has 2 aromatic carbocycles. The van der Waals surface area contributed by atoms with Crippen molar-refractivity contribution in [3.8, 4) is 17.3 Å². The molecule has 0 spiro atoms. The van der Waals surface area contributed by atoms with Crippen molar-refractivity contribution in [3.05, 3.63) is 82.1 Å². The normalized spacial score (nSPS) is 10.2. The summed E-state index contributed by atoms with van der Waals surface area (Å²) in [6.07, 6.45) is 0.235. The Kier molecular flexibility index (Phi) is 9.61. The molecule has 8 nitrogen and oxygen atoms in total. The number of hydrogen-bond acceptors (Lipinski definition) is 6. The second kappa shape index (κ2) is 12.4. The van der Waals surface area contributed by atoms with Gasteiger partial charge in [0.15, 0.2) is 0 Å². The molecule has 1 heterocycles. The van der Waals surface area contributed by atoms with Gasteiger partial charge in [0.2, 0.25) is 0 Å². The summed E-state index contributed by atoms with van der Waals surface area (Å²) in [6.45, 7) is 1.41. The molecule has 1 amide bonds. The van der Waals surface area contributed by atoms with Gasteiger partial charge in [-0.1, -0.05) is 24.3 Å². The summed E-state index contributed by atoms with van der Waals surface area (Å²) in [4.78, 5) is 26.4. The SMILES string of the molecule is CN(C)CCCOC(=O)Nc1cccc(Cn2nc(-c3cccc(C#N)c3)ccc2=O)c1.Cl. The van der Waals surface area contributed by atoms with Gasteiger partial charge in [0.05, 0.1) is 30.5 Å². The molecule has 0 fully saturated rings. The molecule has 0 aliphatic rings. The van der Waals surface area contributed by atoms with E-state index in [0.717, 1.165) is 24.1 Å². The monoisotopic (exact) mass is 467 g/mol. The number of nitriles is 1. The highest BCUT2D eigenvalue weighted by Gasteiger charge is 2.08. The van der Waals surface area contributed by atoms with Gasteiger partial charge in [-0.25, -0.2) is 9.48 Å². The van der Waals surface area contributed by atoms with Crippen LogP contribution in [0.15, 0.2) is 65.5 Å². The third-order valence-electron chi connectivity index (χ3n) is 4.64. The fourth-order valence-electron chi connectivity index (χ4n) is 3.08. The summed E-state index contributed by atoms with van der Waals surface area (Å²) in [5.41, 5.74) is 3.00. The van der Waals surface area contributed by atoms with Crippen LogP contribution in [0, 0.1) is 11.3 Å². The highest BCUT2D eigenvalue weighted by atomic mass is 35.5. The maximum absolute atomic E-state index is 12.3. The molecule has 172 valence electrons. The number of ether oxygens (including phenoxy) is 1. The second-order valence-corrected chi connectivity index (χ2v) is 7.53. The summed E-state index contributed by atoms with van der Waals surface area (Å²) in [7, 11) is 3.93. The van der Waals surface area contributed by atoms with Crippen molar-refractivity contribution in [2.45, 2.75) is 13.0 Å². The highest BCUT2D eigenvalue weighted by Crippen LogP contribution is 2.17. The van der Waals surface area contributed by atoms with Crippen molar-refractivity contribution in [1.29, 1.82) is 5.26 Å². The van der Waals surface area contributed by atoms with Gasteiger partial charge in [-0.2, -0.15) is 10.4 Å². The van der Waals surface area contributed by atoms with Crippen LogP contribution in [-0.2, 0) is 11.3 Å². The molecule has 0 saturated heterocycles. The summed E-state index contributed by atoms with van der Waals surface area (Å²) >= 11 is 0. The zero-order chi connectivity index (χ0) is 22.9. The van der Waals surface area contributed by atoms with Gasteiger partial charge >= 0.3 is 6.09 Å². The van der Waals surface area contributed by atoms with E-state index < -0.39 is 6.09 Å². The Bertz CT molecular complexity index is 1190. The molecule has 0 unspecified atom stereocenters. The van der Waals surface area contributed by atoms with E-state index in [1.54, 1.807) is 42.5 Å². The van der Waals surface area contributed by atoms with Gasteiger partial charge in [0.1, 0.15) is 0 Å². The van der Waals surface area contributed by atoms with Gasteiger partial charge in [0, 0.05) is 23.9 Å². The molecule has 0 bridgehead atoms. The first-order valence-electron chi connectivity index (χ1n) is 10.2. The van der Waals surface area contributed by atoms with E-state index in [-0.39, 0.29) is 24.5 Å². The van der Waals surface area contributed by atoms with Gasteiger partial charge in [-0.3, -0.25) is 10.1 Å². The average Bonchev–Trinajstić information content (AvgIpc) is 2.78. The zero-order valence-corrected chi connectivity index (χ0v) is 19.3. The standard InChI is InChI=1S/C24H25N5O3.ClH/c1-28(2)12-5-13-32-24(31)26-21-9-4-7-19(15-21)17-29-23(30)11-10-22(27-29)20-8-3-6-18(14-20)16-25;/h3-4,6-11,14-15H,5,12-13,17H2,1-2H3,(H,26,31);1H. The number of nitrogens with one attached hydrogen (secondary N) is 1. The predicted molar refractivity (Wildman–Crippen MR) is 130 cm³/mol.